The van der Waals surface area contributed by atoms with E-state index in [-0.39, 0.29) is 0 Å². The van der Waals surface area contributed by atoms with Crippen LogP contribution in [0.15, 0.2) is 30.5 Å². The smallest absolute Gasteiger partial charge is 0.248 e. The highest BCUT2D eigenvalue weighted by molar-refractivity contribution is 5.93. The molecule has 0 unspecified atom stereocenters. The molecule has 14 heavy (non-hydrogen) atoms. The molecule has 1 aliphatic heterocycles. The molecule has 0 saturated carbocycles. The van der Waals surface area contributed by atoms with Crippen LogP contribution in [0.25, 0.3) is 0 Å². The molecule has 4 heteroatoms. The Labute approximate surface area is 80.9 Å². The van der Waals surface area contributed by atoms with Crippen molar-refractivity contribution in [2.24, 2.45) is 5.73 Å². The summed E-state index contributed by atoms with van der Waals surface area (Å²) in [5.74, 6) is 0.642. The first kappa shape index (κ1) is 8.62. The molecule has 72 valence electrons. The summed E-state index contributed by atoms with van der Waals surface area (Å²) >= 11 is 0. The standard InChI is InChI=1S/C10H9NO3/c11-10(12)7-2-3-8-9(6-7)14-5-1-4-13-8/h1-4,6H,5H2,(H2,11,12). The molecule has 0 bridgehead atoms. The number of fused-ring (bicyclic) bond motifs is 1. The van der Waals surface area contributed by atoms with E-state index in [4.69, 9.17) is 15.2 Å². The quantitative estimate of drug-likeness (QED) is 0.722. The Hall–Kier alpha value is -1.97. The van der Waals surface area contributed by atoms with Gasteiger partial charge in [-0.05, 0) is 24.3 Å². The third kappa shape index (κ3) is 1.54. The van der Waals surface area contributed by atoms with Crippen LogP contribution in [0.2, 0.25) is 0 Å². The predicted octanol–water partition coefficient (Wildman–Crippen LogP) is 1.07. The molecule has 4 nitrogen and oxygen atoms in total. The van der Waals surface area contributed by atoms with Gasteiger partial charge in [-0.25, -0.2) is 0 Å². The van der Waals surface area contributed by atoms with E-state index in [1.165, 1.54) is 0 Å². The lowest BCUT2D eigenvalue weighted by Gasteiger charge is -2.06. The van der Waals surface area contributed by atoms with Crippen molar-refractivity contribution in [1.29, 1.82) is 0 Å². The van der Waals surface area contributed by atoms with Crippen molar-refractivity contribution in [3.63, 3.8) is 0 Å². The Morgan fingerprint density at radius 3 is 3.00 bits per heavy atom. The van der Waals surface area contributed by atoms with Crippen molar-refractivity contribution in [3.05, 3.63) is 36.1 Å². The van der Waals surface area contributed by atoms with Crippen molar-refractivity contribution in [1.82, 2.24) is 0 Å². The van der Waals surface area contributed by atoms with Gasteiger partial charge in [-0.3, -0.25) is 4.79 Å². The topological polar surface area (TPSA) is 61.6 Å². The third-order valence-electron chi connectivity index (χ3n) is 1.85. The molecule has 1 aromatic carbocycles. The molecule has 1 aromatic rings. The van der Waals surface area contributed by atoms with Crippen molar-refractivity contribution in [2.75, 3.05) is 6.61 Å². The Bertz CT molecular complexity index is 398. The van der Waals surface area contributed by atoms with Crippen LogP contribution in [0.1, 0.15) is 10.4 Å². The zero-order valence-corrected chi connectivity index (χ0v) is 7.40. The lowest BCUT2D eigenvalue weighted by molar-refractivity contribution is 0.1000. The summed E-state index contributed by atoms with van der Waals surface area (Å²) in [5, 5.41) is 0. The van der Waals surface area contributed by atoms with Crippen LogP contribution in [0.3, 0.4) is 0 Å². The summed E-state index contributed by atoms with van der Waals surface area (Å²) in [6, 6.07) is 4.83. The first-order valence-corrected chi connectivity index (χ1v) is 4.16. The van der Waals surface area contributed by atoms with E-state index in [1.807, 2.05) is 0 Å². The number of carbonyl (C=O) groups excluding carboxylic acids is 1. The highest BCUT2D eigenvalue weighted by Crippen LogP contribution is 2.29. The molecular weight excluding hydrogens is 182 g/mol. The SMILES string of the molecule is NC(=O)c1ccc2c(c1)OCC=CO2. The molecule has 0 saturated heterocycles. The molecule has 1 heterocycles. The van der Waals surface area contributed by atoms with E-state index in [9.17, 15) is 4.79 Å². The van der Waals surface area contributed by atoms with Gasteiger partial charge < -0.3 is 15.2 Å². The first-order chi connectivity index (χ1) is 6.77. The molecule has 0 aromatic heterocycles. The minimum atomic E-state index is -0.478. The number of primary amides is 1. The Morgan fingerprint density at radius 1 is 1.36 bits per heavy atom. The van der Waals surface area contributed by atoms with Crippen LogP contribution in [0, 0.1) is 0 Å². The fraction of sp³-hybridized carbons (Fsp3) is 0.100. The average molecular weight is 191 g/mol. The van der Waals surface area contributed by atoms with Gasteiger partial charge in [0.2, 0.25) is 5.91 Å². The minimum Gasteiger partial charge on any atom is -0.485 e. The number of carbonyl (C=O) groups is 1. The summed E-state index contributed by atoms with van der Waals surface area (Å²) in [7, 11) is 0. The molecule has 2 rings (SSSR count). The summed E-state index contributed by atoms with van der Waals surface area (Å²) in [6.07, 6.45) is 3.29. The maximum atomic E-state index is 10.9. The van der Waals surface area contributed by atoms with E-state index in [0.717, 1.165) is 0 Å². The molecule has 0 spiro atoms. The van der Waals surface area contributed by atoms with Gasteiger partial charge in [0.15, 0.2) is 11.5 Å². The van der Waals surface area contributed by atoms with E-state index in [2.05, 4.69) is 0 Å². The zero-order valence-electron chi connectivity index (χ0n) is 7.40. The van der Waals surface area contributed by atoms with Gasteiger partial charge in [0.05, 0.1) is 6.26 Å². The van der Waals surface area contributed by atoms with Crippen LogP contribution in [-0.4, -0.2) is 12.5 Å². The van der Waals surface area contributed by atoms with Gasteiger partial charge in [0.25, 0.3) is 0 Å². The summed E-state index contributed by atoms with van der Waals surface area (Å²) in [5.41, 5.74) is 5.55. The van der Waals surface area contributed by atoms with E-state index in [0.29, 0.717) is 23.7 Å². The summed E-state index contributed by atoms with van der Waals surface area (Å²) in [6.45, 7) is 0.426. The molecular formula is C10H9NO3. The molecule has 1 amide bonds. The third-order valence-corrected chi connectivity index (χ3v) is 1.85. The molecule has 0 aliphatic carbocycles. The summed E-state index contributed by atoms with van der Waals surface area (Å²) < 4.78 is 10.5. The van der Waals surface area contributed by atoms with Crippen molar-refractivity contribution in [3.8, 4) is 11.5 Å². The van der Waals surface area contributed by atoms with Gasteiger partial charge in [0, 0.05) is 5.56 Å². The van der Waals surface area contributed by atoms with E-state index in [1.54, 1.807) is 30.5 Å². The Kier molecular flexibility index (Phi) is 2.10. The monoisotopic (exact) mass is 191 g/mol. The predicted molar refractivity (Wildman–Crippen MR) is 50.2 cm³/mol. The largest absolute Gasteiger partial charge is 0.485 e. The van der Waals surface area contributed by atoms with Crippen molar-refractivity contribution in [2.45, 2.75) is 0 Å². The normalized spacial score (nSPS) is 13.4. The minimum absolute atomic E-state index is 0.411. The number of rotatable bonds is 1. The van der Waals surface area contributed by atoms with Gasteiger partial charge in [-0.2, -0.15) is 0 Å². The van der Waals surface area contributed by atoms with Gasteiger partial charge >= 0.3 is 0 Å². The van der Waals surface area contributed by atoms with E-state index >= 15 is 0 Å². The molecule has 0 atom stereocenters. The lowest BCUT2D eigenvalue weighted by Crippen LogP contribution is -2.10. The van der Waals surface area contributed by atoms with Crippen molar-refractivity contribution >= 4 is 5.91 Å². The Balaban J connectivity index is 2.40. The number of hydrogen-bond donors (Lipinski definition) is 1. The number of amides is 1. The number of hydrogen-bond acceptors (Lipinski definition) is 3. The summed E-state index contributed by atoms with van der Waals surface area (Å²) in [4.78, 5) is 10.9. The van der Waals surface area contributed by atoms with Gasteiger partial charge in [-0.15, -0.1) is 0 Å². The fourth-order valence-electron chi connectivity index (χ4n) is 1.17. The second kappa shape index (κ2) is 3.41. The second-order valence-electron chi connectivity index (χ2n) is 2.83. The first-order valence-electron chi connectivity index (χ1n) is 4.16. The van der Waals surface area contributed by atoms with Crippen LogP contribution < -0.4 is 15.2 Å². The molecule has 2 N–H and O–H groups in total. The van der Waals surface area contributed by atoms with Crippen LogP contribution in [-0.2, 0) is 0 Å². The van der Waals surface area contributed by atoms with Gasteiger partial charge in [-0.1, -0.05) is 0 Å². The second-order valence-corrected chi connectivity index (χ2v) is 2.83. The van der Waals surface area contributed by atoms with E-state index < -0.39 is 5.91 Å². The molecule has 0 radical (unpaired) electrons. The number of benzene rings is 1. The number of ether oxygens (including phenoxy) is 2. The maximum absolute atomic E-state index is 10.9. The lowest BCUT2D eigenvalue weighted by atomic mass is 10.2. The zero-order chi connectivity index (χ0) is 9.97. The highest BCUT2D eigenvalue weighted by atomic mass is 16.5. The van der Waals surface area contributed by atoms with Crippen LogP contribution >= 0.6 is 0 Å². The Morgan fingerprint density at radius 2 is 2.21 bits per heavy atom. The average Bonchev–Trinajstić information content (AvgIpc) is 2.41. The van der Waals surface area contributed by atoms with Crippen molar-refractivity contribution < 1.29 is 14.3 Å². The van der Waals surface area contributed by atoms with Crippen LogP contribution in [0.5, 0.6) is 11.5 Å². The highest BCUT2D eigenvalue weighted by Gasteiger charge is 2.10. The van der Waals surface area contributed by atoms with Gasteiger partial charge in [0.1, 0.15) is 6.61 Å². The van der Waals surface area contributed by atoms with Crippen LogP contribution in [0.4, 0.5) is 0 Å². The fourth-order valence-corrected chi connectivity index (χ4v) is 1.17. The maximum Gasteiger partial charge on any atom is 0.248 e. The molecule has 0 fully saturated rings. The number of nitrogens with two attached hydrogens (primary N) is 1. The molecule has 1 aliphatic rings.